The molecule has 2 heterocycles. The Balaban J connectivity index is 1.29. The van der Waals surface area contributed by atoms with E-state index in [9.17, 15) is 14.3 Å². The summed E-state index contributed by atoms with van der Waals surface area (Å²) in [5.74, 6) is 1.72. The van der Waals surface area contributed by atoms with Gasteiger partial charge in [-0.2, -0.15) is 0 Å². The zero-order valence-corrected chi connectivity index (χ0v) is 22.2. The minimum atomic E-state index is -1.20. The maximum Gasteiger partial charge on any atom is 0.222 e. The fraction of sp³-hybridized carbons (Fsp3) is 0.552. The fourth-order valence-electron chi connectivity index (χ4n) is 4.87. The van der Waals surface area contributed by atoms with Crippen LogP contribution in [0.1, 0.15) is 37.7 Å². The van der Waals surface area contributed by atoms with Gasteiger partial charge < -0.3 is 29.0 Å². The third kappa shape index (κ3) is 8.31. The van der Waals surface area contributed by atoms with E-state index in [0.717, 1.165) is 37.8 Å². The number of β-amino-alcohol motifs (C(OH)–C–C–N with tert-alkyl or cyclic N) is 1. The molecule has 4 rings (SSSR count). The number of halogens is 1. The molecule has 1 amide bonds. The van der Waals surface area contributed by atoms with E-state index in [1.165, 1.54) is 12.1 Å². The molecule has 38 heavy (non-hydrogen) atoms. The first-order valence-corrected chi connectivity index (χ1v) is 13.4. The van der Waals surface area contributed by atoms with Crippen molar-refractivity contribution in [1.82, 2.24) is 9.80 Å². The zero-order chi connectivity index (χ0) is 26.8. The van der Waals surface area contributed by atoms with Crippen LogP contribution in [0.3, 0.4) is 0 Å². The lowest BCUT2D eigenvalue weighted by Crippen LogP contribution is -2.48. The lowest BCUT2D eigenvalue weighted by molar-refractivity contribution is -0.130. The summed E-state index contributed by atoms with van der Waals surface area (Å²) in [6, 6.07) is 11.6. The molecule has 0 aromatic heterocycles. The number of methoxy groups -OCH3 is 1. The quantitative estimate of drug-likeness (QED) is 0.444. The van der Waals surface area contributed by atoms with Crippen LogP contribution in [-0.4, -0.2) is 86.1 Å². The molecular formula is C29H39FN2O6. The highest BCUT2D eigenvalue weighted by Gasteiger charge is 2.33. The van der Waals surface area contributed by atoms with E-state index in [1.54, 1.807) is 19.2 Å². The standard InChI is InChI=1S/C29H39FN2O6/c1-35-27-18-23(7-12-26(27)37-16-5-14-32-13-4-2-3-6-28(32)33)19-31-15-17-36-21-29(34,20-31)22-38-25-10-8-24(30)9-11-25/h7-12,18,34H,2-6,13-17,19-22H2,1H3/t29-/m0/s1. The Morgan fingerprint density at radius 1 is 1.05 bits per heavy atom. The van der Waals surface area contributed by atoms with E-state index in [-0.39, 0.29) is 24.9 Å². The molecule has 9 heteroatoms. The molecule has 0 saturated carbocycles. The lowest BCUT2D eigenvalue weighted by Gasteiger charge is -2.30. The number of nitrogens with zero attached hydrogens (tertiary/aromatic N) is 2. The Hall–Kier alpha value is -2.88. The molecule has 1 N–H and O–H groups in total. The van der Waals surface area contributed by atoms with Gasteiger partial charge >= 0.3 is 0 Å². The Morgan fingerprint density at radius 3 is 2.71 bits per heavy atom. The van der Waals surface area contributed by atoms with Crippen LogP contribution in [0, 0.1) is 5.82 Å². The van der Waals surface area contributed by atoms with Crippen LogP contribution in [0.15, 0.2) is 42.5 Å². The van der Waals surface area contributed by atoms with Gasteiger partial charge in [0.25, 0.3) is 0 Å². The third-order valence-electron chi connectivity index (χ3n) is 6.90. The maximum absolute atomic E-state index is 13.2. The summed E-state index contributed by atoms with van der Waals surface area (Å²) < 4.78 is 36.1. The average molecular weight is 531 g/mol. The minimum absolute atomic E-state index is 0.0360. The van der Waals surface area contributed by atoms with E-state index in [0.29, 0.717) is 63.1 Å². The van der Waals surface area contributed by atoms with Gasteiger partial charge in [-0.05, 0) is 61.2 Å². The number of carbonyl (C=O) groups is 1. The second-order valence-electron chi connectivity index (χ2n) is 10.1. The molecule has 0 unspecified atom stereocenters. The first kappa shape index (κ1) is 28.1. The number of carbonyl (C=O) groups excluding carboxylic acids is 1. The molecule has 0 spiro atoms. The Labute approximate surface area is 224 Å². The van der Waals surface area contributed by atoms with E-state index < -0.39 is 5.60 Å². The monoisotopic (exact) mass is 530 g/mol. The number of hydrogen-bond donors (Lipinski definition) is 1. The van der Waals surface area contributed by atoms with Gasteiger partial charge in [-0.1, -0.05) is 12.5 Å². The van der Waals surface area contributed by atoms with Crippen LogP contribution >= 0.6 is 0 Å². The molecule has 2 aliphatic rings. The fourth-order valence-corrected chi connectivity index (χ4v) is 4.87. The molecular weight excluding hydrogens is 491 g/mol. The Kier molecular flexibility index (Phi) is 10.2. The topological polar surface area (TPSA) is 80.7 Å². The SMILES string of the molecule is COc1cc(CN2CCOC[C@](O)(COc3ccc(F)cc3)C2)ccc1OCCCN1CCCCCC1=O. The summed E-state index contributed by atoms with van der Waals surface area (Å²) in [7, 11) is 1.62. The van der Waals surface area contributed by atoms with E-state index in [2.05, 4.69) is 4.90 Å². The van der Waals surface area contributed by atoms with Crippen LogP contribution < -0.4 is 14.2 Å². The molecule has 208 valence electrons. The Morgan fingerprint density at radius 2 is 1.89 bits per heavy atom. The molecule has 2 aromatic carbocycles. The highest BCUT2D eigenvalue weighted by molar-refractivity contribution is 5.76. The molecule has 1 atom stereocenters. The molecule has 0 aliphatic carbocycles. The van der Waals surface area contributed by atoms with Crippen molar-refractivity contribution in [3.05, 3.63) is 53.8 Å². The van der Waals surface area contributed by atoms with Gasteiger partial charge in [-0.15, -0.1) is 0 Å². The molecule has 2 aromatic rings. The number of likely N-dealkylation sites (tertiary alicyclic amines) is 1. The molecule has 8 nitrogen and oxygen atoms in total. The van der Waals surface area contributed by atoms with Crippen LogP contribution in [0.4, 0.5) is 4.39 Å². The third-order valence-corrected chi connectivity index (χ3v) is 6.90. The number of ether oxygens (including phenoxy) is 4. The minimum Gasteiger partial charge on any atom is -0.493 e. The number of amides is 1. The zero-order valence-electron chi connectivity index (χ0n) is 22.2. The average Bonchev–Trinajstić information content (AvgIpc) is 3.24. The second-order valence-corrected chi connectivity index (χ2v) is 10.1. The van der Waals surface area contributed by atoms with Crippen molar-refractivity contribution in [2.45, 2.75) is 44.2 Å². The lowest BCUT2D eigenvalue weighted by atomic mass is 10.1. The van der Waals surface area contributed by atoms with Gasteiger partial charge in [0.1, 0.15) is 23.8 Å². The molecule has 0 radical (unpaired) electrons. The molecule has 2 fully saturated rings. The van der Waals surface area contributed by atoms with E-state index >= 15 is 0 Å². The van der Waals surface area contributed by atoms with E-state index in [4.69, 9.17) is 18.9 Å². The number of hydrogen-bond acceptors (Lipinski definition) is 7. The maximum atomic E-state index is 13.2. The highest BCUT2D eigenvalue weighted by Crippen LogP contribution is 2.29. The van der Waals surface area contributed by atoms with Gasteiger partial charge in [0.05, 0.1) is 26.9 Å². The molecule has 2 aliphatic heterocycles. The number of rotatable bonds is 11. The predicted octanol–water partition coefficient (Wildman–Crippen LogP) is 3.65. The first-order chi connectivity index (χ1) is 18.4. The summed E-state index contributed by atoms with van der Waals surface area (Å²) in [6.07, 6.45) is 4.60. The van der Waals surface area contributed by atoms with Gasteiger partial charge in [-0.3, -0.25) is 9.69 Å². The normalized spacial score (nSPS) is 21.0. The van der Waals surface area contributed by atoms with Gasteiger partial charge in [0.2, 0.25) is 5.91 Å². The largest absolute Gasteiger partial charge is 0.493 e. The van der Waals surface area contributed by atoms with Crippen LogP contribution in [-0.2, 0) is 16.1 Å². The summed E-state index contributed by atoms with van der Waals surface area (Å²) in [4.78, 5) is 16.2. The smallest absolute Gasteiger partial charge is 0.222 e. The van der Waals surface area contributed by atoms with Crippen LogP contribution in [0.2, 0.25) is 0 Å². The second kappa shape index (κ2) is 13.8. The number of aliphatic hydroxyl groups is 1. The van der Waals surface area contributed by atoms with E-state index in [1.807, 2.05) is 23.1 Å². The van der Waals surface area contributed by atoms with Crippen molar-refractivity contribution in [1.29, 1.82) is 0 Å². The summed E-state index contributed by atoms with van der Waals surface area (Å²) in [5.41, 5.74) is -0.180. The van der Waals surface area contributed by atoms with Gasteiger partial charge in [-0.25, -0.2) is 4.39 Å². The summed E-state index contributed by atoms with van der Waals surface area (Å²) >= 11 is 0. The Bertz CT molecular complexity index is 1040. The summed E-state index contributed by atoms with van der Waals surface area (Å²) in [5, 5.41) is 11.2. The van der Waals surface area contributed by atoms with Crippen molar-refractivity contribution in [3.63, 3.8) is 0 Å². The predicted molar refractivity (Wildman–Crippen MR) is 141 cm³/mol. The van der Waals surface area contributed by atoms with Crippen molar-refractivity contribution in [2.24, 2.45) is 0 Å². The van der Waals surface area contributed by atoms with Crippen molar-refractivity contribution < 1.29 is 33.2 Å². The molecule has 2 saturated heterocycles. The summed E-state index contributed by atoms with van der Waals surface area (Å²) in [6.45, 7) is 4.36. The van der Waals surface area contributed by atoms with Crippen LogP contribution in [0.25, 0.3) is 0 Å². The van der Waals surface area contributed by atoms with Crippen LogP contribution in [0.5, 0.6) is 17.2 Å². The van der Waals surface area contributed by atoms with Crippen molar-refractivity contribution in [3.8, 4) is 17.2 Å². The number of benzene rings is 2. The first-order valence-electron chi connectivity index (χ1n) is 13.4. The van der Waals surface area contributed by atoms with Crippen molar-refractivity contribution >= 4 is 5.91 Å². The molecule has 0 bridgehead atoms. The van der Waals surface area contributed by atoms with Crippen molar-refractivity contribution in [2.75, 3.05) is 59.7 Å². The van der Waals surface area contributed by atoms with Gasteiger partial charge in [0, 0.05) is 39.1 Å². The highest BCUT2D eigenvalue weighted by atomic mass is 19.1. The van der Waals surface area contributed by atoms with Gasteiger partial charge in [0.15, 0.2) is 11.5 Å².